The number of amides is 1. The monoisotopic (exact) mass is 403 g/mol. The van der Waals surface area contributed by atoms with E-state index in [1.54, 1.807) is 18.5 Å². The molecule has 1 aliphatic rings. The third-order valence-electron chi connectivity index (χ3n) is 4.53. The van der Waals surface area contributed by atoms with Crippen LogP contribution in [-0.4, -0.2) is 47.0 Å². The van der Waals surface area contributed by atoms with Crippen LogP contribution in [0.2, 0.25) is 0 Å². The van der Waals surface area contributed by atoms with Gasteiger partial charge >= 0.3 is 5.97 Å². The molecule has 0 aromatic carbocycles. The van der Waals surface area contributed by atoms with Crippen molar-refractivity contribution >= 4 is 34.3 Å². The Hall–Kier alpha value is -2.55. The van der Waals surface area contributed by atoms with Gasteiger partial charge in [-0.1, -0.05) is 13.8 Å². The summed E-state index contributed by atoms with van der Waals surface area (Å²) in [6, 6.07) is 1.77. The van der Waals surface area contributed by atoms with Crippen molar-refractivity contribution in [3.05, 3.63) is 29.0 Å². The van der Waals surface area contributed by atoms with Gasteiger partial charge in [-0.2, -0.15) is 0 Å². The lowest BCUT2D eigenvalue weighted by Gasteiger charge is -2.31. The molecule has 2 aromatic rings. The van der Waals surface area contributed by atoms with E-state index >= 15 is 0 Å². The summed E-state index contributed by atoms with van der Waals surface area (Å²) in [5, 5.41) is 3.33. The van der Waals surface area contributed by atoms with E-state index in [2.05, 4.69) is 34.1 Å². The van der Waals surface area contributed by atoms with Crippen molar-refractivity contribution < 1.29 is 14.3 Å². The number of hydrogen-bond acceptors (Lipinski definition) is 8. The van der Waals surface area contributed by atoms with Crippen LogP contribution in [0.5, 0.6) is 0 Å². The van der Waals surface area contributed by atoms with Crippen molar-refractivity contribution in [2.75, 3.05) is 30.4 Å². The number of carbonyl (C=O) groups is 2. The number of piperidine rings is 1. The first-order valence-electron chi connectivity index (χ1n) is 9.38. The van der Waals surface area contributed by atoms with Gasteiger partial charge < -0.3 is 15.0 Å². The summed E-state index contributed by atoms with van der Waals surface area (Å²) in [5.74, 6) is 0.252. The Labute approximate surface area is 168 Å². The number of methoxy groups -OCH3 is 1. The van der Waals surface area contributed by atoms with Gasteiger partial charge in [0.25, 0.3) is 0 Å². The highest BCUT2D eigenvalue weighted by Gasteiger charge is 2.28. The number of rotatable bonds is 6. The number of aromatic nitrogens is 3. The average Bonchev–Trinajstić information content (AvgIpc) is 3.09. The predicted octanol–water partition coefficient (Wildman–Crippen LogP) is 2.77. The molecule has 150 valence electrons. The van der Waals surface area contributed by atoms with Crippen LogP contribution < -0.4 is 10.2 Å². The van der Waals surface area contributed by atoms with Gasteiger partial charge in [-0.05, 0) is 31.2 Å². The van der Waals surface area contributed by atoms with Crippen LogP contribution in [0, 0.1) is 11.8 Å². The minimum Gasteiger partial charge on any atom is -0.464 e. The van der Waals surface area contributed by atoms with E-state index in [0.29, 0.717) is 35.7 Å². The van der Waals surface area contributed by atoms with Crippen LogP contribution in [0.25, 0.3) is 0 Å². The lowest BCUT2D eigenvalue weighted by atomic mass is 9.97. The van der Waals surface area contributed by atoms with E-state index in [4.69, 9.17) is 4.74 Å². The molecular weight excluding hydrogens is 378 g/mol. The fourth-order valence-electron chi connectivity index (χ4n) is 3.21. The molecule has 1 N–H and O–H groups in total. The molecule has 28 heavy (non-hydrogen) atoms. The van der Waals surface area contributed by atoms with Gasteiger partial charge in [-0.3, -0.25) is 4.79 Å². The maximum atomic E-state index is 12.8. The first kappa shape index (κ1) is 20.2. The maximum absolute atomic E-state index is 12.8. The lowest BCUT2D eigenvalue weighted by Crippen LogP contribution is -2.41. The van der Waals surface area contributed by atoms with Crippen LogP contribution in [-0.2, 0) is 16.0 Å². The topological polar surface area (TPSA) is 97.3 Å². The van der Waals surface area contributed by atoms with Gasteiger partial charge in [0.2, 0.25) is 11.9 Å². The number of esters is 1. The number of nitrogens with one attached hydrogen (secondary N) is 1. The van der Waals surface area contributed by atoms with Crippen molar-refractivity contribution in [3.8, 4) is 0 Å². The molecule has 0 radical (unpaired) electrons. The molecule has 9 heteroatoms. The molecule has 0 unspecified atom stereocenters. The zero-order valence-corrected chi connectivity index (χ0v) is 17.2. The zero-order chi connectivity index (χ0) is 20.1. The molecule has 0 bridgehead atoms. The average molecular weight is 404 g/mol. The molecule has 0 saturated carbocycles. The molecule has 1 amide bonds. The molecule has 0 spiro atoms. The second-order valence-corrected chi connectivity index (χ2v) is 8.29. The highest BCUT2D eigenvalue weighted by molar-refractivity contribution is 7.16. The smallest absolute Gasteiger partial charge is 0.357 e. The van der Waals surface area contributed by atoms with E-state index in [1.165, 1.54) is 18.4 Å². The molecule has 3 rings (SSSR count). The first-order chi connectivity index (χ1) is 13.5. The Morgan fingerprint density at radius 3 is 2.79 bits per heavy atom. The van der Waals surface area contributed by atoms with Crippen LogP contribution in [0.15, 0.2) is 18.5 Å². The Bertz CT molecular complexity index is 824. The minimum absolute atomic E-state index is 0.0955. The number of hydrogen-bond donors (Lipinski definition) is 1. The highest BCUT2D eigenvalue weighted by atomic mass is 32.1. The second-order valence-electron chi connectivity index (χ2n) is 7.20. The number of nitrogens with zero attached hydrogens (tertiary/aromatic N) is 4. The molecule has 1 fully saturated rings. The van der Waals surface area contributed by atoms with E-state index in [1.807, 2.05) is 4.90 Å². The van der Waals surface area contributed by atoms with Crippen molar-refractivity contribution in [2.24, 2.45) is 11.8 Å². The van der Waals surface area contributed by atoms with E-state index in [9.17, 15) is 9.59 Å². The van der Waals surface area contributed by atoms with Crippen molar-refractivity contribution in [2.45, 2.75) is 33.1 Å². The molecular formula is C19H25N5O3S. The van der Waals surface area contributed by atoms with Crippen LogP contribution in [0.4, 0.5) is 11.1 Å². The Morgan fingerprint density at radius 1 is 1.36 bits per heavy atom. The standard InChI is InChI=1S/C19H25N5O3S/c1-12(2)10-14-15(17(26)27-3)22-19(28-14)23-16(25)13-6-4-9-24(11-13)18-20-7-5-8-21-18/h5,7-8,12-13H,4,6,9-11H2,1-3H3,(H,22,23,25)/t13-/m0/s1. The highest BCUT2D eigenvalue weighted by Crippen LogP contribution is 2.28. The Kier molecular flexibility index (Phi) is 6.56. The van der Waals surface area contributed by atoms with Crippen molar-refractivity contribution in [1.29, 1.82) is 0 Å². The third-order valence-corrected chi connectivity index (χ3v) is 5.52. The summed E-state index contributed by atoms with van der Waals surface area (Å²) in [5.41, 5.74) is 0.291. The van der Waals surface area contributed by atoms with Crippen LogP contribution in [0.1, 0.15) is 42.1 Å². The quantitative estimate of drug-likeness (QED) is 0.741. The molecule has 3 heterocycles. The Morgan fingerprint density at radius 2 is 2.11 bits per heavy atom. The van der Waals surface area contributed by atoms with E-state index in [0.717, 1.165) is 24.3 Å². The molecule has 2 aromatic heterocycles. The van der Waals surface area contributed by atoms with Gasteiger partial charge in [0.05, 0.1) is 13.0 Å². The van der Waals surface area contributed by atoms with Crippen molar-refractivity contribution in [1.82, 2.24) is 15.0 Å². The van der Waals surface area contributed by atoms with Crippen LogP contribution in [0.3, 0.4) is 0 Å². The number of thiazole rings is 1. The van der Waals surface area contributed by atoms with Crippen molar-refractivity contribution in [3.63, 3.8) is 0 Å². The summed E-state index contributed by atoms with van der Waals surface area (Å²) < 4.78 is 4.83. The van der Waals surface area contributed by atoms with Crippen LogP contribution >= 0.6 is 11.3 Å². The molecule has 0 aliphatic carbocycles. The van der Waals surface area contributed by atoms with Gasteiger partial charge in [0.1, 0.15) is 0 Å². The summed E-state index contributed by atoms with van der Waals surface area (Å²) in [6.45, 7) is 5.53. The van der Waals surface area contributed by atoms with E-state index in [-0.39, 0.29) is 11.8 Å². The van der Waals surface area contributed by atoms with Gasteiger partial charge in [-0.15, -0.1) is 11.3 Å². The first-order valence-corrected chi connectivity index (χ1v) is 10.2. The molecule has 1 atom stereocenters. The fourth-order valence-corrected chi connectivity index (χ4v) is 4.37. The molecule has 8 nitrogen and oxygen atoms in total. The number of ether oxygens (including phenoxy) is 1. The summed E-state index contributed by atoms with van der Waals surface area (Å²) in [6.07, 6.45) is 5.79. The number of anilines is 2. The lowest BCUT2D eigenvalue weighted by molar-refractivity contribution is -0.120. The van der Waals surface area contributed by atoms with Gasteiger partial charge in [0.15, 0.2) is 10.8 Å². The Balaban J connectivity index is 1.70. The second kappa shape index (κ2) is 9.09. The summed E-state index contributed by atoms with van der Waals surface area (Å²) >= 11 is 1.34. The minimum atomic E-state index is -0.475. The SMILES string of the molecule is COC(=O)c1nc(NC(=O)[C@H]2CCCN(c3ncccn3)C2)sc1CC(C)C. The normalized spacial score (nSPS) is 16.9. The van der Waals surface area contributed by atoms with Gasteiger partial charge in [-0.25, -0.2) is 19.7 Å². The molecule has 1 saturated heterocycles. The van der Waals surface area contributed by atoms with Gasteiger partial charge in [0, 0.05) is 30.4 Å². The zero-order valence-electron chi connectivity index (χ0n) is 16.3. The third kappa shape index (κ3) is 4.83. The number of carbonyl (C=O) groups excluding carboxylic acids is 2. The maximum Gasteiger partial charge on any atom is 0.357 e. The summed E-state index contributed by atoms with van der Waals surface area (Å²) in [4.78, 5) is 40.5. The summed E-state index contributed by atoms with van der Waals surface area (Å²) in [7, 11) is 1.33. The molecule has 1 aliphatic heterocycles. The van der Waals surface area contributed by atoms with E-state index < -0.39 is 5.97 Å². The fraction of sp³-hybridized carbons (Fsp3) is 0.526. The largest absolute Gasteiger partial charge is 0.464 e. The predicted molar refractivity (Wildman–Crippen MR) is 108 cm³/mol.